The summed E-state index contributed by atoms with van der Waals surface area (Å²) in [6.07, 6.45) is 18.7. The van der Waals surface area contributed by atoms with Gasteiger partial charge in [-0.1, -0.05) is 63.5 Å². The molecule has 0 aromatic heterocycles. The Kier molecular flexibility index (Phi) is 14.9. The summed E-state index contributed by atoms with van der Waals surface area (Å²) in [5.74, 6) is -0.399. The van der Waals surface area contributed by atoms with E-state index in [1.54, 1.807) is 0 Å². The highest BCUT2D eigenvalue weighted by atomic mass is 16.7. The molecule has 2 saturated heterocycles. The van der Waals surface area contributed by atoms with Crippen LogP contribution >= 0.6 is 0 Å². The molecule has 2 aliphatic rings. The van der Waals surface area contributed by atoms with Gasteiger partial charge in [-0.2, -0.15) is 0 Å². The molecule has 0 N–H and O–H groups in total. The maximum atomic E-state index is 12.2. The van der Waals surface area contributed by atoms with Crippen LogP contribution in [0.1, 0.15) is 103 Å². The van der Waals surface area contributed by atoms with Crippen LogP contribution in [0.25, 0.3) is 0 Å². The molecule has 0 aromatic carbocycles. The minimum absolute atomic E-state index is 0.200. The van der Waals surface area contributed by atoms with E-state index in [0.29, 0.717) is 26.1 Å². The van der Waals surface area contributed by atoms with Crippen molar-refractivity contribution in [3.8, 4) is 0 Å². The Bertz CT molecular complexity index is 552. The zero-order chi connectivity index (χ0) is 24.4. The maximum Gasteiger partial charge on any atom is 0.306 e. The fraction of sp³-hybridized carbons (Fsp3) is 0.786. The standard InChI is InChI=1S/C28H46O6/c1-3-5-7-9-11-13-15-17-19-25(29)33-23-21-31-28-24(22-32-27(23)28)34-26(30)20-18-16-14-12-10-8-6-4-2/h3-4,23-24,27-28H,1-2,5-22H2/t23-,24+,27-,28-/m1/s1. The van der Waals surface area contributed by atoms with Gasteiger partial charge in [0.15, 0.2) is 12.2 Å². The van der Waals surface area contributed by atoms with Crippen LogP contribution in [-0.2, 0) is 28.5 Å². The van der Waals surface area contributed by atoms with Crippen molar-refractivity contribution >= 4 is 11.9 Å². The summed E-state index contributed by atoms with van der Waals surface area (Å²) in [4.78, 5) is 24.5. The first-order chi connectivity index (χ1) is 16.7. The molecule has 0 spiro atoms. The third-order valence-electron chi connectivity index (χ3n) is 6.61. The molecule has 4 atom stereocenters. The highest BCUT2D eigenvalue weighted by Gasteiger charge is 2.51. The Hall–Kier alpha value is -1.66. The van der Waals surface area contributed by atoms with E-state index in [2.05, 4.69) is 13.2 Å². The normalized spacial score (nSPS) is 23.4. The van der Waals surface area contributed by atoms with Crippen LogP contribution in [0.15, 0.2) is 25.3 Å². The first-order valence-corrected chi connectivity index (χ1v) is 13.5. The number of esters is 2. The fourth-order valence-electron chi connectivity index (χ4n) is 4.62. The number of carbonyl (C=O) groups excluding carboxylic acids is 2. The summed E-state index contributed by atoms with van der Waals surface area (Å²) in [5, 5.41) is 0. The van der Waals surface area contributed by atoms with E-state index in [-0.39, 0.29) is 24.1 Å². The van der Waals surface area contributed by atoms with Gasteiger partial charge < -0.3 is 18.9 Å². The quantitative estimate of drug-likeness (QED) is 0.117. The predicted molar refractivity (Wildman–Crippen MR) is 134 cm³/mol. The van der Waals surface area contributed by atoms with Gasteiger partial charge >= 0.3 is 11.9 Å². The van der Waals surface area contributed by atoms with Crippen molar-refractivity contribution in [1.82, 2.24) is 0 Å². The van der Waals surface area contributed by atoms with Gasteiger partial charge in [0, 0.05) is 12.8 Å². The van der Waals surface area contributed by atoms with E-state index in [0.717, 1.165) is 51.4 Å². The third kappa shape index (κ3) is 11.2. The summed E-state index contributed by atoms with van der Waals surface area (Å²) in [7, 11) is 0. The van der Waals surface area contributed by atoms with Gasteiger partial charge in [0.1, 0.15) is 12.2 Å². The molecular weight excluding hydrogens is 432 g/mol. The lowest BCUT2D eigenvalue weighted by atomic mass is 10.1. The van der Waals surface area contributed by atoms with Crippen molar-refractivity contribution < 1.29 is 28.5 Å². The lowest BCUT2D eigenvalue weighted by Gasteiger charge is -2.17. The molecule has 0 amide bonds. The molecule has 0 bridgehead atoms. The van der Waals surface area contributed by atoms with Gasteiger partial charge in [-0.3, -0.25) is 9.59 Å². The molecule has 0 radical (unpaired) electrons. The highest BCUT2D eigenvalue weighted by Crippen LogP contribution is 2.31. The summed E-state index contributed by atoms with van der Waals surface area (Å²) in [5.41, 5.74) is 0. The average Bonchev–Trinajstić information content (AvgIpc) is 3.40. The van der Waals surface area contributed by atoms with Crippen LogP contribution in [0.5, 0.6) is 0 Å². The van der Waals surface area contributed by atoms with E-state index < -0.39 is 12.2 Å². The molecule has 2 fully saturated rings. The number of hydrogen-bond acceptors (Lipinski definition) is 6. The van der Waals surface area contributed by atoms with Crippen molar-refractivity contribution in [2.45, 2.75) is 127 Å². The number of ether oxygens (including phenoxy) is 4. The second kappa shape index (κ2) is 17.7. The molecule has 0 aliphatic carbocycles. The summed E-state index contributed by atoms with van der Waals surface area (Å²) in [6, 6.07) is 0. The van der Waals surface area contributed by atoms with E-state index in [9.17, 15) is 9.59 Å². The summed E-state index contributed by atoms with van der Waals surface area (Å²) in [6.45, 7) is 8.07. The molecule has 34 heavy (non-hydrogen) atoms. The van der Waals surface area contributed by atoms with E-state index >= 15 is 0 Å². The number of fused-ring (bicyclic) bond motifs is 1. The van der Waals surface area contributed by atoms with Crippen LogP contribution in [0.4, 0.5) is 0 Å². The lowest BCUT2D eigenvalue weighted by molar-refractivity contribution is -0.155. The maximum absolute atomic E-state index is 12.2. The first kappa shape index (κ1) is 28.6. The van der Waals surface area contributed by atoms with Crippen LogP contribution < -0.4 is 0 Å². The van der Waals surface area contributed by atoms with Crippen molar-refractivity contribution in [3.63, 3.8) is 0 Å². The van der Waals surface area contributed by atoms with Crippen LogP contribution in [0, 0.1) is 0 Å². The predicted octanol–water partition coefficient (Wildman–Crippen LogP) is 6.22. The second-order valence-electron chi connectivity index (χ2n) is 9.55. The minimum Gasteiger partial charge on any atom is -0.457 e. The second-order valence-corrected chi connectivity index (χ2v) is 9.55. The number of rotatable bonds is 20. The molecule has 6 heteroatoms. The zero-order valence-electron chi connectivity index (χ0n) is 21.1. The molecule has 6 nitrogen and oxygen atoms in total. The van der Waals surface area contributed by atoms with E-state index in [4.69, 9.17) is 18.9 Å². The molecule has 0 saturated carbocycles. The van der Waals surface area contributed by atoms with Gasteiger partial charge in [0.25, 0.3) is 0 Å². The summed E-state index contributed by atoms with van der Waals surface area (Å²) < 4.78 is 22.8. The smallest absolute Gasteiger partial charge is 0.306 e. The van der Waals surface area contributed by atoms with E-state index in [1.807, 2.05) is 12.2 Å². The largest absolute Gasteiger partial charge is 0.457 e. The lowest BCUT2D eigenvalue weighted by Crippen LogP contribution is -2.35. The Morgan fingerprint density at radius 3 is 1.35 bits per heavy atom. The molecule has 0 aromatic rings. The molecule has 2 rings (SSSR count). The molecule has 2 heterocycles. The van der Waals surface area contributed by atoms with Gasteiger partial charge in [-0.25, -0.2) is 0 Å². The summed E-state index contributed by atoms with van der Waals surface area (Å²) >= 11 is 0. The van der Waals surface area contributed by atoms with Crippen LogP contribution in [0.2, 0.25) is 0 Å². The highest BCUT2D eigenvalue weighted by molar-refractivity contribution is 5.70. The number of carbonyl (C=O) groups is 2. The Labute approximate surface area is 206 Å². The number of hydrogen-bond donors (Lipinski definition) is 0. The van der Waals surface area contributed by atoms with Gasteiger partial charge in [0.2, 0.25) is 0 Å². The first-order valence-electron chi connectivity index (χ1n) is 13.5. The molecule has 0 unspecified atom stereocenters. The minimum atomic E-state index is -0.416. The van der Waals surface area contributed by atoms with Crippen molar-refractivity contribution in [1.29, 1.82) is 0 Å². The average molecular weight is 479 g/mol. The number of unbranched alkanes of at least 4 members (excludes halogenated alkanes) is 12. The van der Waals surface area contributed by atoms with Gasteiger partial charge in [-0.05, 0) is 38.5 Å². The Morgan fingerprint density at radius 2 is 0.971 bits per heavy atom. The molecule has 2 aliphatic heterocycles. The van der Waals surface area contributed by atoms with Crippen LogP contribution in [0.3, 0.4) is 0 Å². The van der Waals surface area contributed by atoms with Crippen molar-refractivity contribution in [2.75, 3.05) is 13.2 Å². The molecule has 194 valence electrons. The van der Waals surface area contributed by atoms with Crippen LogP contribution in [-0.4, -0.2) is 49.6 Å². The van der Waals surface area contributed by atoms with Crippen molar-refractivity contribution in [3.05, 3.63) is 25.3 Å². The Balaban J connectivity index is 1.53. The Morgan fingerprint density at radius 1 is 0.618 bits per heavy atom. The monoisotopic (exact) mass is 478 g/mol. The third-order valence-corrected chi connectivity index (χ3v) is 6.61. The SMILES string of the molecule is C=CCCCCCCCCC(=O)O[C@H]1CO[C@H]2[C@@H]1OC[C@H]2OC(=O)CCCCCCCCC=C. The van der Waals surface area contributed by atoms with E-state index in [1.165, 1.54) is 38.5 Å². The number of allylic oxidation sites excluding steroid dienone is 2. The topological polar surface area (TPSA) is 71.1 Å². The van der Waals surface area contributed by atoms with Gasteiger partial charge in [0.05, 0.1) is 13.2 Å². The fourth-order valence-corrected chi connectivity index (χ4v) is 4.62. The zero-order valence-corrected chi connectivity index (χ0v) is 21.1. The molecular formula is C28H46O6. The van der Waals surface area contributed by atoms with Gasteiger partial charge in [-0.15, -0.1) is 13.2 Å². The van der Waals surface area contributed by atoms with Crippen molar-refractivity contribution in [2.24, 2.45) is 0 Å².